The Kier molecular flexibility index (Phi) is 6.25. The number of hydrogen-bond acceptors (Lipinski definition) is 3. The van der Waals surface area contributed by atoms with Crippen molar-refractivity contribution in [1.29, 1.82) is 0 Å². The summed E-state index contributed by atoms with van der Waals surface area (Å²) < 4.78 is 12.9. The zero-order valence-electron chi connectivity index (χ0n) is 15.0. The molecule has 3 rings (SSSR count). The molecule has 6 nitrogen and oxygen atoms in total. The van der Waals surface area contributed by atoms with E-state index in [1.165, 1.54) is 30.0 Å². The van der Waals surface area contributed by atoms with Gasteiger partial charge < -0.3 is 20.4 Å². The van der Waals surface area contributed by atoms with Crippen LogP contribution in [0.3, 0.4) is 0 Å². The van der Waals surface area contributed by atoms with Crippen LogP contribution in [-0.2, 0) is 0 Å². The quantitative estimate of drug-likeness (QED) is 0.792. The molecule has 0 aromatic heterocycles. The van der Waals surface area contributed by atoms with Gasteiger partial charge in [0.05, 0.1) is 0 Å². The molecule has 3 amide bonds. The number of halogens is 1. The van der Waals surface area contributed by atoms with E-state index in [4.69, 9.17) is 0 Å². The monoisotopic (exact) mass is 370 g/mol. The topological polar surface area (TPSA) is 64.7 Å². The summed E-state index contributed by atoms with van der Waals surface area (Å²) in [5.41, 5.74) is 1.56. The lowest BCUT2D eigenvalue weighted by Gasteiger charge is -2.36. The molecule has 0 saturated carbocycles. The van der Waals surface area contributed by atoms with Gasteiger partial charge in [-0.15, -0.1) is 0 Å². The van der Waals surface area contributed by atoms with Crippen LogP contribution in [0.2, 0.25) is 0 Å². The van der Waals surface area contributed by atoms with Gasteiger partial charge in [0.1, 0.15) is 5.82 Å². The predicted octanol–water partition coefficient (Wildman–Crippen LogP) is 2.09. The largest absolute Gasteiger partial charge is 0.368 e. The van der Waals surface area contributed by atoms with E-state index in [0.717, 1.165) is 13.1 Å². The maximum absolute atomic E-state index is 12.9. The van der Waals surface area contributed by atoms with E-state index in [1.54, 1.807) is 4.90 Å². The highest BCUT2D eigenvalue weighted by Gasteiger charge is 2.20. The molecule has 0 unspecified atom stereocenters. The Labute approximate surface area is 158 Å². The van der Waals surface area contributed by atoms with Crippen LogP contribution in [0.25, 0.3) is 0 Å². The number of anilines is 1. The van der Waals surface area contributed by atoms with Crippen molar-refractivity contribution in [2.75, 3.05) is 44.2 Å². The third kappa shape index (κ3) is 5.20. The van der Waals surface area contributed by atoms with Gasteiger partial charge in [0.2, 0.25) is 0 Å². The normalized spacial score (nSPS) is 14.0. The van der Waals surface area contributed by atoms with Gasteiger partial charge in [0, 0.05) is 50.5 Å². The lowest BCUT2D eigenvalue weighted by atomic mass is 10.2. The average Bonchev–Trinajstić information content (AvgIpc) is 2.72. The van der Waals surface area contributed by atoms with Gasteiger partial charge in [-0.3, -0.25) is 4.79 Å². The van der Waals surface area contributed by atoms with E-state index in [1.807, 2.05) is 18.2 Å². The Bertz CT molecular complexity index is 759. The zero-order chi connectivity index (χ0) is 19.1. The summed E-state index contributed by atoms with van der Waals surface area (Å²) >= 11 is 0. The number of carbonyl (C=O) groups excluding carboxylic acids is 2. The van der Waals surface area contributed by atoms with E-state index >= 15 is 0 Å². The highest BCUT2D eigenvalue weighted by Crippen LogP contribution is 2.15. The van der Waals surface area contributed by atoms with Gasteiger partial charge in [-0.2, -0.15) is 0 Å². The molecule has 0 atom stereocenters. The van der Waals surface area contributed by atoms with Crippen molar-refractivity contribution in [1.82, 2.24) is 15.5 Å². The number of amides is 3. The third-order valence-corrected chi connectivity index (χ3v) is 4.48. The molecule has 0 bridgehead atoms. The molecule has 2 aromatic carbocycles. The van der Waals surface area contributed by atoms with Gasteiger partial charge in [-0.25, -0.2) is 9.18 Å². The van der Waals surface area contributed by atoms with Crippen molar-refractivity contribution >= 4 is 17.6 Å². The molecular weight excluding hydrogens is 347 g/mol. The highest BCUT2D eigenvalue weighted by atomic mass is 19.1. The van der Waals surface area contributed by atoms with Crippen molar-refractivity contribution in [2.45, 2.75) is 0 Å². The molecule has 7 heteroatoms. The minimum absolute atomic E-state index is 0.126. The molecule has 27 heavy (non-hydrogen) atoms. The van der Waals surface area contributed by atoms with Crippen molar-refractivity contribution in [3.8, 4) is 0 Å². The second-order valence-electron chi connectivity index (χ2n) is 6.30. The van der Waals surface area contributed by atoms with E-state index in [0.29, 0.717) is 31.7 Å². The lowest BCUT2D eigenvalue weighted by molar-refractivity contribution is 0.0953. The predicted molar refractivity (Wildman–Crippen MR) is 102 cm³/mol. The van der Waals surface area contributed by atoms with Crippen molar-refractivity contribution in [3.63, 3.8) is 0 Å². The van der Waals surface area contributed by atoms with Crippen LogP contribution in [0.5, 0.6) is 0 Å². The van der Waals surface area contributed by atoms with Crippen molar-refractivity contribution < 1.29 is 14.0 Å². The standard InChI is InChI=1S/C20H23FN4O2/c21-17-8-6-16(7-9-17)19(26)22-10-11-23-20(27)25-14-12-24(13-15-25)18-4-2-1-3-5-18/h1-9H,10-15H2,(H,22,26)(H,23,27). The van der Waals surface area contributed by atoms with Crippen LogP contribution in [0.4, 0.5) is 14.9 Å². The molecule has 1 aliphatic heterocycles. The summed E-state index contributed by atoms with van der Waals surface area (Å²) in [6.45, 7) is 3.54. The van der Waals surface area contributed by atoms with Crippen LogP contribution in [-0.4, -0.2) is 56.1 Å². The van der Waals surface area contributed by atoms with Crippen LogP contribution >= 0.6 is 0 Å². The number of para-hydroxylation sites is 1. The zero-order valence-corrected chi connectivity index (χ0v) is 15.0. The van der Waals surface area contributed by atoms with Gasteiger partial charge in [-0.1, -0.05) is 18.2 Å². The number of urea groups is 1. The molecule has 142 valence electrons. The Morgan fingerprint density at radius 1 is 0.852 bits per heavy atom. The van der Waals surface area contributed by atoms with E-state index in [9.17, 15) is 14.0 Å². The molecule has 2 N–H and O–H groups in total. The molecule has 1 fully saturated rings. The first-order chi connectivity index (χ1) is 13.1. The Hall–Kier alpha value is -3.09. The fourth-order valence-electron chi connectivity index (χ4n) is 2.97. The Morgan fingerprint density at radius 2 is 1.48 bits per heavy atom. The van der Waals surface area contributed by atoms with Crippen molar-refractivity contribution in [2.24, 2.45) is 0 Å². The number of carbonyl (C=O) groups is 2. The first-order valence-corrected chi connectivity index (χ1v) is 9.00. The summed E-state index contributed by atoms with van der Waals surface area (Å²) in [5.74, 6) is -0.674. The van der Waals surface area contributed by atoms with Gasteiger partial charge in [-0.05, 0) is 36.4 Å². The molecular formula is C20H23FN4O2. The number of benzene rings is 2. The molecule has 1 heterocycles. The second-order valence-corrected chi connectivity index (χ2v) is 6.30. The second kappa shape index (κ2) is 9.02. The average molecular weight is 370 g/mol. The fraction of sp³-hybridized carbons (Fsp3) is 0.300. The van der Waals surface area contributed by atoms with E-state index in [-0.39, 0.29) is 17.8 Å². The maximum atomic E-state index is 12.9. The minimum Gasteiger partial charge on any atom is -0.368 e. The molecule has 1 aliphatic rings. The molecule has 0 radical (unpaired) electrons. The minimum atomic E-state index is -0.383. The van der Waals surface area contributed by atoms with E-state index in [2.05, 4.69) is 27.7 Å². The summed E-state index contributed by atoms with van der Waals surface area (Å²) in [7, 11) is 0. The Morgan fingerprint density at radius 3 is 2.15 bits per heavy atom. The smallest absolute Gasteiger partial charge is 0.317 e. The van der Waals surface area contributed by atoms with Crippen LogP contribution in [0.1, 0.15) is 10.4 Å². The molecule has 1 saturated heterocycles. The van der Waals surface area contributed by atoms with Crippen LogP contribution in [0.15, 0.2) is 54.6 Å². The number of hydrogen-bond donors (Lipinski definition) is 2. The first kappa shape index (κ1) is 18.7. The summed E-state index contributed by atoms with van der Waals surface area (Å²) in [4.78, 5) is 28.2. The summed E-state index contributed by atoms with van der Waals surface area (Å²) in [6, 6.07) is 15.4. The third-order valence-electron chi connectivity index (χ3n) is 4.48. The number of nitrogens with zero attached hydrogens (tertiary/aromatic N) is 2. The summed E-state index contributed by atoms with van der Waals surface area (Å²) in [6.07, 6.45) is 0. The van der Waals surface area contributed by atoms with Crippen LogP contribution < -0.4 is 15.5 Å². The maximum Gasteiger partial charge on any atom is 0.317 e. The highest BCUT2D eigenvalue weighted by molar-refractivity contribution is 5.94. The van der Waals surface area contributed by atoms with Gasteiger partial charge in [0.25, 0.3) is 5.91 Å². The summed E-state index contributed by atoms with van der Waals surface area (Å²) in [5, 5.41) is 5.52. The molecule has 0 aliphatic carbocycles. The van der Waals surface area contributed by atoms with E-state index < -0.39 is 0 Å². The number of nitrogens with one attached hydrogen (secondary N) is 2. The molecule has 2 aromatic rings. The van der Waals surface area contributed by atoms with Crippen molar-refractivity contribution in [3.05, 3.63) is 66.0 Å². The van der Waals surface area contributed by atoms with Gasteiger partial charge >= 0.3 is 6.03 Å². The van der Waals surface area contributed by atoms with Crippen LogP contribution in [0, 0.1) is 5.82 Å². The SMILES string of the molecule is O=C(NCCNC(=O)N1CCN(c2ccccc2)CC1)c1ccc(F)cc1. The first-order valence-electron chi connectivity index (χ1n) is 9.00. The Balaban J connectivity index is 1.35. The fourth-order valence-corrected chi connectivity index (χ4v) is 2.97. The number of rotatable bonds is 5. The molecule has 0 spiro atoms. The van der Waals surface area contributed by atoms with Gasteiger partial charge in [0.15, 0.2) is 0 Å². The lowest BCUT2D eigenvalue weighted by Crippen LogP contribution is -2.52. The number of piperazine rings is 1.